The maximum absolute atomic E-state index is 12.5. The molecule has 0 atom stereocenters. The van der Waals surface area contributed by atoms with Crippen LogP contribution in [0.1, 0.15) is 11.5 Å². The summed E-state index contributed by atoms with van der Waals surface area (Å²) in [6.07, 6.45) is 3.05. The zero-order valence-electron chi connectivity index (χ0n) is 13.4. The van der Waals surface area contributed by atoms with Crippen molar-refractivity contribution in [3.63, 3.8) is 0 Å². The summed E-state index contributed by atoms with van der Waals surface area (Å²) >= 11 is 0.869. The first-order valence-electron chi connectivity index (χ1n) is 7.77. The Hall–Kier alpha value is -3.19. The van der Waals surface area contributed by atoms with Crippen molar-refractivity contribution in [1.82, 2.24) is 4.90 Å². The molecule has 4 rings (SSSR count). The van der Waals surface area contributed by atoms with Gasteiger partial charge < -0.3 is 13.9 Å². The second-order valence-electron chi connectivity index (χ2n) is 5.60. The van der Waals surface area contributed by atoms with E-state index in [2.05, 4.69) is 0 Å². The maximum Gasteiger partial charge on any atom is 0.293 e. The molecule has 3 heterocycles. The van der Waals surface area contributed by atoms with E-state index >= 15 is 0 Å². The molecule has 0 aliphatic carbocycles. The molecular weight excluding hydrogens is 354 g/mol. The van der Waals surface area contributed by atoms with Crippen molar-refractivity contribution in [2.75, 3.05) is 0 Å². The molecule has 1 fully saturated rings. The summed E-state index contributed by atoms with van der Waals surface area (Å²) in [6, 6.07) is 13.5. The quantitative estimate of drug-likeness (QED) is 0.685. The Bertz CT molecular complexity index is 985. The number of rotatable bonds is 4. The molecule has 1 N–H and O–H groups in total. The van der Waals surface area contributed by atoms with Crippen LogP contribution in [-0.4, -0.2) is 21.2 Å². The molecule has 3 aromatic rings. The van der Waals surface area contributed by atoms with Crippen LogP contribution in [0.4, 0.5) is 4.79 Å². The van der Waals surface area contributed by atoms with Gasteiger partial charge in [0.15, 0.2) is 0 Å². The van der Waals surface area contributed by atoms with Gasteiger partial charge in [-0.1, -0.05) is 0 Å². The lowest BCUT2D eigenvalue weighted by Crippen LogP contribution is -2.27. The van der Waals surface area contributed by atoms with E-state index in [9.17, 15) is 14.7 Å². The molecule has 1 aliphatic rings. The number of hydrogen-bond acceptors (Lipinski definition) is 6. The second kappa shape index (κ2) is 6.61. The summed E-state index contributed by atoms with van der Waals surface area (Å²) in [5.41, 5.74) is 0.799. The number of phenolic OH excluding ortho intramolecular Hbond substituents is 1. The molecule has 26 heavy (non-hydrogen) atoms. The summed E-state index contributed by atoms with van der Waals surface area (Å²) in [5.74, 6) is 1.41. The minimum Gasteiger partial charge on any atom is -0.508 e. The predicted molar refractivity (Wildman–Crippen MR) is 96.0 cm³/mol. The van der Waals surface area contributed by atoms with Crippen LogP contribution in [0.25, 0.3) is 17.4 Å². The largest absolute Gasteiger partial charge is 0.508 e. The van der Waals surface area contributed by atoms with Gasteiger partial charge in [-0.25, -0.2) is 0 Å². The standard InChI is InChI=1S/C19H13NO5S/c21-13-5-3-12(4-6-13)16-8-7-14(25-16)10-17-18(22)20(19(23)26-17)11-15-2-1-9-24-15/h1-10,21H,11H2/b17-10+. The van der Waals surface area contributed by atoms with Gasteiger partial charge in [-0.05, 0) is 60.3 Å². The Balaban J connectivity index is 1.54. The fraction of sp³-hybridized carbons (Fsp3) is 0.0526. The van der Waals surface area contributed by atoms with Gasteiger partial charge in [0.25, 0.3) is 11.1 Å². The molecule has 0 saturated carbocycles. The number of aromatic hydroxyl groups is 1. The summed E-state index contributed by atoms with van der Waals surface area (Å²) in [6.45, 7) is 0.103. The van der Waals surface area contributed by atoms with Crippen molar-refractivity contribution in [3.8, 4) is 17.1 Å². The smallest absolute Gasteiger partial charge is 0.293 e. The molecule has 0 bridgehead atoms. The first kappa shape index (κ1) is 16.3. The van der Waals surface area contributed by atoms with Crippen molar-refractivity contribution in [1.29, 1.82) is 0 Å². The molecule has 130 valence electrons. The predicted octanol–water partition coefficient (Wildman–Crippen LogP) is 4.48. The number of carbonyl (C=O) groups is 2. The lowest BCUT2D eigenvalue weighted by molar-refractivity contribution is -0.123. The van der Waals surface area contributed by atoms with E-state index in [0.29, 0.717) is 22.2 Å². The molecule has 0 spiro atoms. The van der Waals surface area contributed by atoms with Gasteiger partial charge >= 0.3 is 0 Å². The topological polar surface area (TPSA) is 83.9 Å². The zero-order valence-corrected chi connectivity index (χ0v) is 14.2. The molecule has 7 heteroatoms. The highest BCUT2D eigenvalue weighted by Crippen LogP contribution is 2.34. The summed E-state index contributed by atoms with van der Waals surface area (Å²) in [7, 11) is 0. The monoisotopic (exact) mass is 367 g/mol. The van der Waals surface area contributed by atoms with Crippen molar-refractivity contribution >= 4 is 29.0 Å². The minimum absolute atomic E-state index is 0.103. The molecule has 6 nitrogen and oxygen atoms in total. The number of amides is 2. The van der Waals surface area contributed by atoms with Crippen LogP contribution in [-0.2, 0) is 11.3 Å². The van der Waals surface area contributed by atoms with Gasteiger partial charge in [0.1, 0.15) is 23.0 Å². The normalized spacial score (nSPS) is 16.0. The van der Waals surface area contributed by atoms with Crippen molar-refractivity contribution in [3.05, 3.63) is 71.2 Å². The number of nitrogens with zero attached hydrogens (tertiary/aromatic N) is 1. The van der Waals surface area contributed by atoms with Gasteiger partial charge in [-0.2, -0.15) is 0 Å². The fourth-order valence-electron chi connectivity index (χ4n) is 2.54. The average Bonchev–Trinajstić information content (AvgIpc) is 3.35. The van der Waals surface area contributed by atoms with Crippen LogP contribution in [0.2, 0.25) is 0 Å². The van der Waals surface area contributed by atoms with Crippen LogP contribution in [0.3, 0.4) is 0 Å². The van der Waals surface area contributed by atoms with Crippen molar-refractivity contribution < 1.29 is 23.5 Å². The zero-order chi connectivity index (χ0) is 18.1. The van der Waals surface area contributed by atoms with Gasteiger partial charge in [-0.3, -0.25) is 14.5 Å². The van der Waals surface area contributed by atoms with E-state index in [1.54, 1.807) is 54.6 Å². The summed E-state index contributed by atoms with van der Waals surface area (Å²) in [4.78, 5) is 26.0. The maximum atomic E-state index is 12.5. The Labute approximate surface area is 152 Å². The Morgan fingerprint density at radius 3 is 2.62 bits per heavy atom. The van der Waals surface area contributed by atoms with E-state index < -0.39 is 0 Å². The number of furan rings is 2. The molecule has 2 amide bonds. The van der Waals surface area contributed by atoms with E-state index in [4.69, 9.17) is 8.83 Å². The van der Waals surface area contributed by atoms with Crippen molar-refractivity contribution in [2.45, 2.75) is 6.54 Å². The van der Waals surface area contributed by atoms with E-state index in [-0.39, 0.29) is 23.4 Å². The Morgan fingerprint density at radius 1 is 1.08 bits per heavy atom. The van der Waals surface area contributed by atoms with Crippen LogP contribution < -0.4 is 0 Å². The van der Waals surface area contributed by atoms with Crippen molar-refractivity contribution in [2.24, 2.45) is 0 Å². The summed E-state index contributed by atoms with van der Waals surface area (Å²) < 4.78 is 10.9. The lowest BCUT2D eigenvalue weighted by atomic mass is 10.2. The minimum atomic E-state index is -0.376. The highest BCUT2D eigenvalue weighted by atomic mass is 32.2. The molecular formula is C19H13NO5S. The van der Waals surface area contributed by atoms with Crippen LogP contribution >= 0.6 is 11.8 Å². The molecule has 1 aromatic carbocycles. The Kier molecular flexibility index (Phi) is 4.14. The number of thioether (sulfide) groups is 1. The van der Waals surface area contributed by atoms with E-state index in [1.807, 2.05) is 0 Å². The second-order valence-corrected chi connectivity index (χ2v) is 6.59. The number of imide groups is 1. The van der Waals surface area contributed by atoms with Gasteiger partial charge in [0.05, 0.1) is 17.7 Å². The third kappa shape index (κ3) is 3.16. The third-order valence-corrected chi connectivity index (χ3v) is 4.73. The number of hydrogen-bond donors (Lipinski definition) is 1. The van der Waals surface area contributed by atoms with Gasteiger partial charge in [0, 0.05) is 11.6 Å². The highest BCUT2D eigenvalue weighted by Gasteiger charge is 2.35. The van der Waals surface area contributed by atoms with Crippen LogP contribution in [0, 0.1) is 0 Å². The number of benzene rings is 1. The number of phenols is 1. The number of carbonyl (C=O) groups excluding carboxylic acids is 2. The van der Waals surface area contributed by atoms with E-state index in [1.165, 1.54) is 6.26 Å². The first-order chi connectivity index (χ1) is 12.6. The first-order valence-corrected chi connectivity index (χ1v) is 8.59. The Morgan fingerprint density at radius 2 is 1.88 bits per heavy atom. The van der Waals surface area contributed by atoms with Gasteiger partial charge in [-0.15, -0.1) is 0 Å². The molecule has 0 radical (unpaired) electrons. The van der Waals surface area contributed by atoms with Crippen LogP contribution in [0.15, 0.2) is 68.5 Å². The molecule has 0 unspecified atom stereocenters. The average molecular weight is 367 g/mol. The molecule has 2 aromatic heterocycles. The third-order valence-electron chi connectivity index (χ3n) is 3.82. The molecule has 1 aliphatic heterocycles. The fourth-order valence-corrected chi connectivity index (χ4v) is 3.35. The van der Waals surface area contributed by atoms with Gasteiger partial charge in [0.2, 0.25) is 0 Å². The molecule has 1 saturated heterocycles. The summed E-state index contributed by atoms with van der Waals surface area (Å²) in [5, 5.41) is 9.00. The van der Waals surface area contributed by atoms with E-state index in [0.717, 1.165) is 22.2 Å². The highest BCUT2D eigenvalue weighted by molar-refractivity contribution is 8.18. The van der Waals surface area contributed by atoms with Crippen LogP contribution in [0.5, 0.6) is 5.75 Å². The SMILES string of the molecule is O=C1S/C(=C/c2ccc(-c3ccc(O)cc3)o2)C(=O)N1Cc1ccco1. The lowest BCUT2D eigenvalue weighted by Gasteiger charge is -2.09.